The third-order valence-electron chi connectivity index (χ3n) is 6.33. The van der Waals surface area contributed by atoms with E-state index in [1.807, 2.05) is 36.5 Å². The molecule has 0 unspecified atom stereocenters. The molecule has 0 radical (unpaired) electrons. The zero-order valence-corrected chi connectivity index (χ0v) is 17.8. The largest absolute Gasteiger partial charge is 0.351 e. The van der Waals surface area contributed by atoms with Crippen LogP contribution in [0.5, 0.6) is 0 Å². The number of benzene rings is 3. The Morgan fingerprint density at radius 3 is 2.91 bits per heavy atom. The fourth-order valence-corrected chi connectivity index (χ4v) is 4.62. The van der Waals surface area contributed by atoms with Crippen molar-refractivity contribution in [3.63, 3.8) is 0 Å². The monoisotopic (exact) mass is 421 g/mol. The van der Waals surface area contributed by atoms with E-state index in [9.17, 15) is 4.79 Å². The summed E-state index contributed by atoms with van der Waals surface area (Å²) in [6, 6.07) is 20.5. The average molecular weight is 422 g/mol. The van der Waals surface area contributed by atoms with Crippen LogP contribution in [-0.2, 0) is 13.0 Å². The molecule has 0 spiro atoms. The molecule has 1 aliphatic heterocycles. The molecular formula is C26H23N5O. The number of aromatic amines is 2. The van der Waals surface area contributed by atoms with Crippen molar-refractivity contribution in [1.82, 2.24) is 20.1 Å². The molecular weight excluding hydrogens is 398 g/mol. The molecule has 1 aliphatic rings. The van der Waals surface area contributed by atoms with Gasteiger partial charge in [-0.05, 0) is 72.1 Å². The van der Waals surface area contributed by atoms with Gasteiger partial charge < -0.3 is 15.2 Å². The summed E-state index contributed by atoms with van der Waals surface area (Å²) in [5, 5.41) is 12.3. The molecule has 3 heterocycles. The number of nitrogens with one attached hydrogen (secondary N) is 3. The SMILES string of the molecule is CN1CCc2ccc(NC(=O)c3cc4cc(-c5cccc6[nH]ncc56)ccc4[nH]3)cc2C1. The quantitative estimate of drug-likeness (QED) is 0.386. The van der Waals surface area contributed by atoms with Crippen LogP contribution in [0.25, 0.3) is 32.9 Å². The van der Waals surface area contributed by atoms with Crippen LogP contribution in [0.15, 0.2) is 66.9 Å². The summed E-state index contributed by atoms with van der Waals surface area (Å²) in [4.78, 5) is 18.5. The number of amides is 1. The molecule has 158 valence electrons. The summed E-state index contributed by atoms with van der Waals surface area (Å²) in [6.07, 6.45) is 2.90. The van der Waals surface area contributed by atoms with Gasteiger partial charge in [-0.1, -0.05) is 24.3 Å². The van der Waals surface area contributed by atoms with Crippen LogP contribution in [0.4, 0.5) is 5.69 Å². The maximum absolute atomic E-state index is 12.9. The van der Waals surface area contributed by atoms with Gasteiger partial charge in [-0.15, -0.1) is 0 Å². The summed E-state index contributed by atoms with van der Waals surface area (Å²) in [6.45, 7) is 1.99. The van der Waals surface area contributed by atoms with Gasteiger partial charge >= 0.3 is 0 Å². The number of rotatable bonds is 3. The van der Waals surface area contributed by atoms with E-state index in [0.29, 0.717) is 5.69 Å². The number of carbonyl (C=O) groups excluding carboxylic acids is 1. The third kappa shape index (κ3) is 3.25. The normalized spacial score (nSPS) is 14.0. The van der Waals surface area contributed by atoms with Gasteiger partial charge in [-0.3, -0.25) is 9.89 Å². The van der Waals surface area contributed by atoms with Crippen LogP contribution in [0.2, 0.25) is 0 Å². The van der Waals surface area contributed by atoms with Gasteiger partial charge in [0.15, 0.2) is 0 Å². The van der Waals surface area contributed by atoms with Crippen molar-refractivity contribution in [2.45, 2.75) is 13.0 Å². The zero-order valence-electron chi connectivity index (χ0n) is 17.8. The van der Waals surface area contributed by atoms with Crippen LogP contribution in [0.1, 0.15) is 21.6 Å². The van der Waals surface area contributed by atoms with E-state index in [4.69, 9.17) is 0 Å². The fraction of sp³-hybridized carbons (Fsp3) is 0.154. The van der Waals surface area contributed by atoms with E-state index < -0.39 is 0 Å². The first kappa shape index (κ1) is 18.8. The van der Waals surface area contributed by atoms with Gasteiger partial charge in [0.05, 0.1) is 11.7 Å². The van der Waals surface area contributed by atoms with Gasteiger partial charge in [0.25, 0.3) is 5.91 Å². The Balaban J connectivity index is 1.29. The highest BCUT2D eigenvalue weighted by Gasteiger charge is 2.16. The first-order valence-electron chi connectivity index (χ1n) is 10.8. The van der Waals surface area contributed by atoms with E-state index in [0.717, 1.165) is 58.1 Å². The number of likely N-dealkylation sites (N-methyl/N-ethyl adjacent to an activating group) is 1. The lowest BCUT2D eigenvalue weighted by Crippen LogP contribution is -2.26. The minimum absolute atomic E-state index is 0.135. The van der Waals surface area contributed by atoms with E-state index in [2.05, 4.69) is 62.8 Å². The molecule has 3 aromatic carbocycles. The predicted molar refractivity (Wildman–Crippen MR) is 128 cm³/mol. The summed E-state index contributed by atoms with van der Waals surface area (Å²) in [5.74, 6) is -0.135. The molecule has 0 fully saturated rings. The number of aromatic nitrogens is 3. The Labute approximate surface area is 185 Å². The van der Waals surface area contributed by atoms with Crippen LogP contribution in [-0.4, -0.2) is 39.6 Å². The van der Waals surface area contributed by atoms with Crippen LogP contribution < -0.4 is 5.32 Å². The summed E-state index contributed by atoms with van der Waals surface area (Å²) in [7, 11) is 2.12. The first-order chi connectivity index (χ1) is 15.6. The molecule has 6 nitrogen and oxygen atoms in total. The van der Waals surface area contributed by atoms with E-state index >= 15 is 0 Å². The molecule has 0 saturated heterocycles. The smallest absolute Gasteiger partial charge is 0.272 e. The summed E-state index contributed by atoms with van der Waals surface area (Å²) in [5.41, 5.74) is 8.18. The Morgan fingerprint density at radius 2 is 1.97 bits per heavy atom. The number of anilines is 1. The van der Waals surface area contributed by atoms with E-state index in [1.165, 1.54) is 11.1 Å². The number of hydrogen-bond donors (Lipinski definition) is 3. The van der Waals surface area contributed by atoms with E-state index in [-0.39, 0.29) is 5.91 Å². The van der Waals surface area contributed by atoms with Crippen molar-refractivity contribution in [1.29, 1.82) is 0 Å². The maximum Gasteiger partial charge on any atom is 0.272 e. The van der Waals surface area contributed by atoms with Crippen molar-refractivity contribution < 1.29 is 4.79 Å². The lowest BCUT2D eigenvalue weighted by atomic mass is 9.99. The molecule has 6 heteroatoms. The lowest BCUT2D eigenvalue weighted by Gasteiger charge is -2.25. The fourth-order valence-electron chi connectivity index (χ4n) is 4.62. The van der Waals surface area contributed by atoms with Crippen molar-refractivity contribution >= 4 is 33.4 Å². The zero-order chi connectivity index (χ0) is 21.7. The van der Waals surface area contributed by atoms with Gasteiger partial charge in [0.2, 0.25) is 0 Å². The Bertz CT molecular complexity index is 1480. The van der Waals surface area contributed by atoms with Gasteiger partial charge in [-0.25, -0.2) is 0 Å². The van der Waals surface area contributed by atoms with Crippen molar-refractivity contribution in [2.75, 3.05) is 18.9 Å². The van der Waals surface area contributed by atoms with Gasteiger partial charge in [0, 0.05) is 35.1 Å². The molecule has 2 aromatic heterocycles. The Morgan fingerprint density at radius 1 is 1.03 bits per heavy atom. The molecule has 5 aromatic rings. The molecule has 1 amide bonds. The van der Waals surface area contributed by atoms with Crippen molar-refractivity contribution in [3.8, 4) is 11.1 Å². The second kappa shape index (κ2) is 7.35. The highest BCUT2D eigenvalue weighted by Crippen LogP contribution is 2.30. The molecule has 0 saturated carbocycles. The van der Waals surface area contributed by atoms with Gasteiger partial charge in [-0.2, -0.15) is 5.10 Å². The minimum Gasteiger partial charge on any atom is -0.351 e. The maximum atomic E-state index is 12.9. The Kier molecular flexibility index (Phi) is 4.33. The standard InChI is InChI=1S/C26H23N5O/c1-31-10-9-16-5-7-20(12-19(16)15-31)28-26(32)25-13-18-11-17(6-8-23(18)29-25)21-3-2-4-24-22(21)14-27-30-24/h2-8,11-14,29H,9-10,15H2,1H3,(H,27,30)(H,28,32). The third-order valence-corrected chi connectivity index (χ3v) is 6.33. The Hall–Kier alpha value is -3.90. The van der Waals surface area contributed by atoms with Crippen LogP contribution >= 0.6 is 0 Å². The van der Waals surface area contributed by atoms with Gasteiger partial charge in [0.1, 0.15) is 5.69 Å². The summed E-state index contributed by atoms with van der Waals surface area (Å²) < 4.78 is 0. The topological polar surface area (TPSA) is 76.8 Å². The number of fused-ring (bicyclic) bond motifs is 3. The number of H-pyrrole nitrogens is 2. The first-order valence-corrected chi connectivity index (χ1v) is 10.8. The summed E-state index contributed by atoms with van der Waals surface area (Å²) >= 11 is 0. The molecule has 0 bridgehead atoms. The second-order valence-electron chi connectivity index (χ2n) is 8.55. The molecule has 3 N–H and O–H groups in total. The molecule has 0 atom stereocenters. The molecule has 0 aliphatic carbocycles. The van der Waals surface area contributed by atoms with Crippen molar-refractivity contribution in [2.24, 2.45) is 0 Å². The highest BCUT2D eigenvalue weighted by atomic mass is 16.1. The average Bonchev–Trinajstić information content (AvgIpc) is 3.45. The number of nitrogens with zero attached hydrogens (tertiary/aromatic N) is 2. The predicted octanol–water partition coefficient (Wildman–Crippen LogP) is 4.95. The molecule has 32 heavy (non-hydrogen) atoms. The van der Waals surface area contributed by atoms with E-state index in [1.54, 1.807) is 0 Å². The molecule has 6 rings (SSSR count). The second-order valence-corrected chi connectivity index (χ2v) is 8.55. The lowest BCUT2D eigenvalue weighted by molar-refractivity contribution is 0.102. The number of hydrogen-bond acceptors (Lipinski definition) is 3. The number of carbonyl (C=O) groups is 1. The minimum atomic E-state index is -0.135. The van der Waals surface area contributed by atoms with Crippen LogP contribution in [0, 0.1) is 0 Å². The highest BCUT2D eigenvalue weighted by molar-refractivity contribution is 6.06. The van der Waals surface area contributed by atoms with Crippen LogP contribution in [0.3, 0.4) is 0 Å². The van der Waals surface area contributed by atoms with Crippen molar-refractivity contribution in [3.05, 3.63) is 83.7 Å².